The van der Waals surface area contributed by atoms with Gasteiger partial charge in [0.1, 0.15) is 5.75 Å². The topological polar surface area (TPSA) is 84.0 Å². The molecule has 0 saturated heterocycles. The van der Waals surface area contributed by atoms with Crippen LogP contribution in [0.1, 0.15) is 42.6 Å². The molecule has 2 rings (SSSR count). The van der Waals surface area contributed by atoms with E-state index in [1.807, 2.05) is 62.4 Å². The summed E-state index contributed by atoms with van der Waals surface area (Å²) in [6.45, 7) is 5.86. The smallest absolute Gasteiger partial charge is 0.251 e. The quantitative estimate of drug-likeness (QED) is 0.289. The van der Waals surface area contributed by atoms with Crippen molar-refractivity contribution in [2.24, 2.45) is 4.99 Å². The second-order valence-electron chi connectivity index (χ2n) is 7.26. The number of hydrogen-bond donors (Lipinski definition) is 3. The summed E-state index contributed by atoms with van der Waals surface area (Å²) in [5.74, 6) is 1.36. The summed E-state index contributed by atoms with van der Waals surface area (Å²) in [7, 11) is 3.40. The van der Waals surface area contributed by atoms with Gasteiger partial charge in [-0.15, -0.1) is 0 Å². The Morgan fingerprint density at radius 2 is 1.94 bits per heavy atom. The highest BCUT2D eigenvalue weighted by Gasteiger charge is 2.09. The number of aliphatic imine (C=N–C) groups is 1. The predicted octanol–water partition coefficient (Wildman–Crippen LogP) is 3.82. The van der Waals surface area contributed by atoms with Gasteiger partial charge in [0.05, 0.1) is 6.61 Å². The van der Waals surface area contributed by atoms with Gasteiger partial charge in [-0.25, -0.2) is 0 Å². The Balaban J connectivity index is 1.91. The highest BCUT2D eigenvalue weighted by atomic mass is 16.5. The lowest BCUT2D eigenvalue weighted by Crippen LogP contribution is -2.32. The van der Waals surface area contributed by atoms with Crippen LogP contribution in [0.4, 0.5) is 5.69 Å². The van der Waals surface area contributed by atoms with Gasteiger partial charge in [0.2, 0.25) is 0 Å². The Morgan fingerprint density at radius 3 is 2.68 bits per heavy atom. The van der Waals surface area contributed by atoms with Crippen molar-refractivity contribution in [2.75, 3.05) is 32.7 Å². The van der Waals surface area contributed by atoms with Crippen LogP contribution in [0.15, 0.2) is 53.5 Å². The number of benzene rings is 2. The molecule has 2 aromatic rings. The Morgan fingerprint density at radius 1 is 1.13 bits per heavy atom. The number of hydrogen-bond acceptors (Lipinski definition) is 4. The average molecular weight is 427 g/mol. The summed E-state index contributed by atoms with van der Waals surface area (Å²) in [6, 6.07) is 15.5. The van der Waals surface area contributed by atoms with Gasteiger partial charge in [-0.2, -0.15) is 0 Å². The highest BCUT2D eigenvalue weighted by Crippen LogP contribution is 2.17. The van der Waals surface area contributed by atoms with E-state index in [2.05, 4.69) is 20.9 Å². The van der Waals surface area contributed by atoms with Gasteiger partial charge < -0.3 is 25.4 Å². The molecule has 0 fully saturated rings. The number of guanidine groups is 1. The Bertz CT molecular complexity index is 854. The molecule has 0 aliphatic carbocycles. The number of ether oxygens (including phenoxy) is 2. The zero-order valence-corrected chi connectivity index (χ0v) is 18.9. The number of carbonyl (C=O) groups is 1. The van der Waals surface area contributed by atoms with Crippen molar-refractivity contribution in [2.45, 2.75) is 39.3 Å². The molecule has 3 N–H and O–H groups in total. The normalized spacial score (nSPS) is 12.2. The minimum Gasteiger partial charge on any atom is -0.493 e. The Hall–Kier alpha value is -3.06. The van der Waals surface area contributed by atoms with Gasteiger partial charge in [0, 0.05) is 57.1 Å². The minimum atomic E-state index is -0.0546. The number of carbonyl (C=O) groups excluding carboxylic acids is 1. The molecule has 7 nitrogen and oxygen atoms in total. The lowest BCUT2D eigenvalue weighted by Gasteiger charge is -2.14. The summed E-state index contributed by atoms with van der Waals surface area (Å²) < 4.78 is 10.8. The first-order valence-corrected chi connectivity index (χ1v) is 10.6. The van der Waals surface area contributed by atoms with Crippen LogP contribution in [0.5, 0.6) is 5.75 Å². The molecule has 1 amide bonds. The van der Waals surface area contributed by atoms with Crippen LogP contribution in [0.3, 0.4) is 0 Å². The van der Waals surface area contributed by atoms with Gasteiger partial charge >= 0.3 is 0 Å². The molecule has 31 heavy (non-hydrogen) atoms. The predicted molar refractivity (Wildman–Crippen MR) is 126 cm³/mol. The average Bonchev–Trinajstić information content (AvgIpc) is 2.79. The second kappa shape index (κ2) is 13.3. The van der Waals surface area contributed by atoms with E-state index in [4.69, 9.17) is 9.47 Å². The van der Waals surface area contributed by atoms with E-state index >= 15 is 0 Å². The van der Waals surface area contributed by atoms with Gasteiger partial charge in [-0.3, -0.25) is 9.79 Å². The maximum absolute atomic E-state index is 12.4. The molecule has 0 spiro atoms. The third kappa shape index (κ3) is 8.68. The SMILES string of the molecule is CCC(C)NC(=O)c1cccc(CNC(=NC)Nc2cccc(OCCCOC)c2)c1. The number of methoxy groups -OCH3 is 1. The van der Waals surface area contributed by atoms with E-state index in [0.717, 1.165) is 29.8 Å². The monoisotopic (exact) mass is 426 g/mol. The summed E-state index contributed by atoms with van der Waals surface area (Å²) in [6.07, 6.45) is 1.74. The first kappa shape index (κ1) is 24.2. The molecule has 1 unspecified atom stereocenters. The molecular weight excluding hydrogens is 392 g/mol. The Labute approximate surface area is 185 Å². The van der Waals surface area contributed by atoms with Gasteiger partial charge in [0.25, 0.3) is 5.91 Å². The first-order valence-electron chi connectivity index (χ1n) is 10.6. The van der Waals surface area contributed by atoms with E-state index in [9.17, 15) is 4.79 Å². The molecule has 0 aromatic heterocycles. The standard InChI is InChI=1S/C24H34N4O3/c1-5-18(2)27-23(29)20-10-6-9-19(15-20)17-26-24(25-3)28-21-11-7-12-22(16-21)31-14-8-13-30-4/h6-7,9-12,15-16,18H,5,8,13-14,17H2,1-4H3,(H,27,29)(H2,25,26,28). The Kier molecular flexibility index (Phi) is 10.4. The third-order valence-corrected chi connectivity index (χ3v) is 4.72. The number of anilines is 1. The van der Waals surface area contributed by atoms with E-state index in [-0.39, 0.29) is 11.9 Å². The van der Waals surface area contributed by atoms with Crippen molar-refractivity contribution in [3.8, 4) is 5.75 Å². The molecule has 0 radical (unpaired) electrons. The molecule has 1 atom stereocenters. The van der Waals surface area contributed by atoms with E-state index in [1.165, 1.54) is 0 Å². The number of nitrogens with one attached hydrogen (secondary N) is 3. The van der Waals surface area contributed by atoms with Gasteiger partial charge in [-0.05, 0) is 43.2 Å². The lowest BCUT2D eigenvalue weighted by atomic mass is 10.1. The molecule has 0 bridgehead atoms. The zero-order valence-electron chi connectivity index (χ0n) is 18.9. The zero-order chi connectivity index (χ0) is 22.5. The van der Waals surface area contributed by atoms with Crippen molar-refractivity contribution in [3.05, 3.63) is 59.7 Å². The van der Waals surface area contributed by atoms with Crippen molar-refractivity contribution >= 4 is 17.6 Å². The second-order valence-corrected chi connectivity index (χ2v) is 7.26. The van der Waals surface area contributed by atoms with Crippen LogP contribution in [0.25, 0.3) is 0 Å². The van der Waals surface area contributed by atoms with E-state index in [1.54, 1.807) is 14.2 Å². The summed E-state index contributed by atoms with van der Waals surface area (Å²) in [4.78, 5) is 16.6. The maximum atomic E-state index is 12.4. The third-order valence-electron chi connectivity index (χ3n) is 4.72. The number of nitrogens with zero attached hydrogens (tertiary/aromatic N) is 1. The molecule has 0 aliphatic rings. The summed E-state index contributed by atoms with van der Waals surface area (Å²) >= 11 is 0. The fourth-order valence-corrected chi connectivity index (χ4v) is 2.79. The van der Waals surface area contributed by atoms with E-state index < -0.39 is 0 Å². The van der Waals surface area contributed by atoms with Crippen molar-refractivity contribution < 1.29 is 14.3 Å². The number of amides is 1. The van der Waals surface area contributed by atoms with Crippen molar-refractivity contribution in [1.82, 2.24) is 10.6 Å². The molecule has 168 valence electrons. The van der Waals surface area contributed by atoms with Crippen LogP contribution in [-0.2, 0) is 11.3 Å². The van der Waals surface area contributed by atoms with Crippen LogP contribution in [0.2, 0.25) is 0 Å². The lowest BCUT2D eigenvalue weighted by molar-refractivity contribution is 0.0939. The van der Waals surface area contributed by atoms with Crippen LogP contribution in [-0.4, -0.2) is 45.3 Å². The molecule has 0 aliphatic heterocycles. The van der Waals surface area contributed by atoms with Gasteiger partial charge in [0.15, 0.2) is 5.96 Å². The summed E-state index contributed by atoms with van der Waals surface area (Å²) in [5, 5.41) is 9.54. The fraction of sp³-hybridized carbons (Fsp3) is 0.417. The molecule has 2 aromatic carbocycles. The molecular formula is C24H34N4O3. The van der Waals surface area contributed by atoms with Crippen molar-refractivity contribution in [1.29, 1.82) is 0 Å². The fourth-order valence-electron chi connectivity index (χ4n) is 2.79. The van der Waals surface area contributed by atoms with Crippen LogP contribution < -0.4 is 20.7 Å². The highest BCUT2D eigenvalue weighted by molar-refractivity contribution is 5.95. The van der Waals surface area contributed by atoms with Crippen molar-refractivity contribution in [3.63, 3.8) is 0 Å². The van der Waals surface area contributed by atoms with Gasteiger partial charge in [-0.1, -0.05) is 25.1 Å². The first-order chi connectivity index (χ1) is 15.0. The molecule has 0 saturated carbocycles. The molecule has 0 heterocycles. The minimum absolute atomic E-state index is 0.0546. The van der Waals surface area contributed by atoms with Crippen LogP contribution >= 0.6 is 0 Å². The largest absolute Gasteiger partial charge is 0.493 e. The van der Waals surface area contributed by atoms with E-state index in [0.29, 0.717) is 31.3 Å². The van der Waals surface area contributed by atoms with Crippen LogP contribution in [0, 0.1) is 0 Å². The maximum Gasteiger partial charge on any atom is 0.251 e. The number of rotatable bonds is 11. The summed E-state index contributed by atoms with van der Waals surface area (Å²) in [5.41, 5.74) is 2.52. The molecule has 7 heteroatoms.